The zero-order chi connectivity index (χ0) is 13.7. The number of anilines is 1. The van der Waals surface area contributed by atoms with Crippen LogP contribution < -0.4 is 4.90 Å². The van der Waals surface area contributed by atoms with Crippen molar-refractivity contribution in [2.45, 2.75) is 32.1 Å². The fourth-order valence-electron chi connectivity index (χ4n) is 2.25. The second-order valence-electron chi connectivity index (χ2n) is 4.92. The van der Waals surface area contributed by atoms with Crippen molar-refractivity contribution < 1.29 is 0 Å². The average molecular weight is 277 g/mol. The lowest BCUT2D eigenvalue weighted by Gasteiger charge is -2.19. The largest absolute Gasteiger partial charge is 0.360 e. The maximum absolute atomic E-state index is 6.06. The lowest BCUT2D eigenvalue weighted by Crippen LogP contribution is -2.19. The van der Waals surface area contributed by atoms with Gasteiger partial charge >= 0.3 is 0 Å². The summed E-state index contributed by atoms with van der Waals surface area (Å²) < 4.78 is 0. The molecule has 0 saturated carbocycles. The second-order valence-corrected chi connectivity index (χ2v) is 5.19. The summed E-state index contributed by atoms with van der Waals surface area (Å²) in [4.78, 5) is 6.95. The first-order chi connectivity index (χ1) is 9.26. The molecule has 0 aliphatic rings. The summed E-state index contributed by atoms with van der Waals surface area (Å²) in [6.45, 7) is 3.26. The summed E-state index contributed by atoms with van der Waals surface area (Å²) >= 11 is 6.06. The van der Waals surface area contributed by atoms with Gasteiger partial charge in [-0.15, -0.1) is 11.6 Å². The fourth-order valence-corrected chi connectivity index (χ4v) is 2.47. The first kappa shape index (κ1) is 14.1. The van der Waals surface area contributed by atoms with E-state index in [0.717, 1.165) is 28.8 Å². The van der Waals surface area contributed by atoms with Gasteiger partial charge in [0.15, 0.2) is 0 Å². The number of unbranched alkanes of at least 4 members (excludes halogenated alkanes) is 2. The van der Waals surface area contributed by atoms with Crippen LogP contribution in [0.25, 0.3) is 10.9 Å². The molecule has 2 nitrogen and oxygen atoms in total. The van der Waals surface area contributed by atoms with E-state index in [-0.39, 0.29) is 0 Å². The summed E-state index contributed by atoms with van der Waals surface area (Å²) in [5.41, 5.74) is 2.18. The minimum Gasteiger partial charge on any atom is -0.360 e. The first-order valence-corrected chi connectivity index (χ1v) is 7.45. The van der Waals surface area contributed by atoms with Crippen LogP contribution in [0.1, 0.15) is 31.7 Å². The van der Waals surface area contributed by atoms with Gasteiger partial charge < -0.3 is 4.90 Å². The Balaban J connectivity index is 2.28. The number of aromatic nitrogens is 1. The van der Waals surface area contributed by atoms with Crippen LogP contribution in [0, 0.1) is 0 Å². The fraction of sp³-hybridized carbons (Fsp3) is 0.438. The van der Waals surface area contributed by atoms with Crippen molar-refractivity contribution in [3.63, 3.8) is 0 Å². The van der Waals surface area contributed by atoms with Crippen molar-refractivity contribution >= 4 is 28.3 Å². The lowest BCUT2D eigenvalue weighted by molar-refractivity contribution is 0.702. The van der Waals surface area contributed by atoms with E-state index in [1.54, 1.807) is 0 Å². The van der Waals surface area contributed by atoms with E-state index < -0.39 is 0 Å². The summed E-state index contributed by atoms with van der Waals surface area (Å²) in [7, 11) is 2.10. The minimum atomic E-state index is 0.527. The molecule has 3 heteroatoms. The molecule has 102 valence electrons. The van der Waals surface area contributed by atoms with Gasteiger partial charge in [0.25, 0.3) is 0 Å². The van der Waals surface area contributed by atoms with Gasteiger partial charge in [-0.3, -0.25) is 0 Å². The molecule has 19 heavy (non-hydrogen) atoms. The zero-order valence-electron chi connectivity index (χ0n) is 11.7. The maximum Gasteiger partial charge on any atom is 0.129 e. The van der Waals surface area contributed by atoms with Crippen molar-refractivity contribution in [2.75, 3.05) is 18.5 Å². The number of benzene rings is 1. The Labute approximate surface area is 120 Å². The van der Waals surface area contributed by atoms with E-state index in [0.29, 0.717) is 5.88 Å². The molecular weight excluding hydrogens is 256 g/mol. The molecule has 0 aliphatic heterocycles. The number of nitrogens with zero attached hydrogens (tertiary/aromatic N) is 2. The number of hydrogen-bond acceptors (Lipinski definition) is 2. The van der Waals surface area contributed by atoms with Crippen LogP contribution in [-0.4, -0.2) is 18.6 Å². The third kappa shape index (κ3) is 3.38. The van der Waals surface area contributed by atoms with Crippen molar-refractivity contribution in [3.8, 4) is 0 Å². The Morgan fingerprint density at radius 2 is 2.00 bits per heavy atom. The van der Waals surface area contributed by atoms with Gasteiger partial charge in [0.1, 0.15) is 5.82 Å². The highest BCUT2D eigenvalue weighted by molar-refractivity contribution is 6.18. The minimum absolute atomic E-state index is 0.527. The van der Waals surface area contributed by atoms with Crippen LogP contribution in [0.3, 0.4) is 0 Å². The maximum atomic E-state index is 6.06. The molecule has 1 heterocycles. The predicted octanol–water partition coefficient (Wildman–Crippen LogP) is 4.60. The number of rotatable bonds is 6. The topological polar surface area (TPSA) is 16.1 Å². The van der Waals surface area contributed by atoms with Crippen LogP contribution in [0.5, 0.6) is 0 Å². The van der Waals surface area contributed by atoms with Crippen LogP contribution in [0.4, 0.5) is 5.82 Å². The molecular formula is C16H21ClN2. The van der Waals surface area contributed by atoms with Crippen LogP contribution in [0.15, 0.2) is 30.3 Å². The Hall–Kier alpha value is -1.28. The quantitative estimate of drug-likeness (QED) is 0.566. The molecule has 1 aromatic carbocycles. The van der Waals surface area contributed by atoms with Gasteiger partial charge in [0, 0.05) is 24.9 Å². The van der Waals surface area contributed by atoms with E-state index in [1.165, 1.54) is 19.3 Å². The molecule has 0 saturated heterocycles. The van der Waals surface area contributed by atoms with Crippen molar-refractivity contribution in [3.05, 3.63) is 35.9 Å². The Bertz CT molecular complexity index is 539. The standard InChI is InChI=1S/C16H21ClN2/c1-3-4-7-10-19(2)16-11-13(12-17)14-8-5-6-9-15(14)18-16/h5-6,8-9,11H,3-4,7,10,12H2,1-2H3. The number of para-hydroxylation sites is 1. The summed E-state index contributed by atoms with van der Waals surface area (Å²) in [6.07, 6.45) is 3.71. The molecule has 0 amide bonds. The van der Waals surface area contributed by atoms with Crippen LogP contribution in [-0.2, 0) is 5.88 Å². The van der Waals surface area contributed by atoms with Crippen LogP contribution >= 0.6 is 11.6 Å². The Morgan fingerprint density at radius 3 is 2.74 bits per heavy atom. The van der Waals surface area contributed by atoms with Crippen molar-refractivity contribution in [1.29, 1.82) is 0 Å². The molecule has 0 aliphatic carbocycles. The zero-order valence-corrected chi connectivity index (χ0v) is 12.5. The van der Waals surface area contributed by atoms with Gasteiger partial charge in [-0.1, -0.05) is 38.0 Å². The Kier molecular flexibility index (Phi) is 5.03. The molecule has 0 unspecified atom stereocenters. The van der Waals surface area contributed by atoms with Crippen molar-refractivity contribution in [1.82, 2.24) is 4.98 Å². The average Bonchev–Trinajstić information content (AvgIpc) is 2.46. The molecule has 2 rings (SSSR count). The van der Waals surface area contributed by atoms with Crippen LogP contribution in [0.2, 0.25) is 0 Å². The van der Waals surface area contributed by atoms with Gasteiger partial charge in [-0.05, 0) is 24.1 Å². The van der Waals surface area contributed by atoms with E-state index in [4.69, 9.17) is 16.6 Å². The highest BCUT2D eigenvalue weighted by atomic mass is 35.5. The van der Waals surface area contributed by atoms with Gasteiger partial charge in [-0.2, -0.15) is 0 Å². The summed E-state index contributed by atoms with van der Waals surface area (Å²) in [5.74, 6) is 1.55. The third-order valence-corrected chi connectivity index (χ3v) is 3.71. The molecule has 0 bridgehead atoms. The van der Waals surface area contributed by atoms with E-state index in [1.807, 2.05) is 12.1 Å². The smallest absolute Gasteiger partial charge is 0.129 e. The van der Waals surface area contributed by atoms with Crippen molar-refractivity contribution in [2.24, 2.45) is 0 Å². The first-order valence-electron chi connectivity index (χ1n) is 6.92. The van der Waals surface area contributed by atoms with Gasteiger partial charge in [-0.25, -0.2) is 4.98 Å². The SMILES string of the molecule is CCCCCN(C)c1cc(CCl)c2ccccc2n1. The molecule has 0 fully saturated rings. The van der Waals surface area contributed by atoms with E-state index in [2.05, 4.69) is 37.1 Å². The normalized spacial score (nSPS) is 10.9. The molecule has 0 N–H and O–H groups in total. The summed E-state index contributed by atoms with van der Waals surface area (Å²) in [6, 6.07) is 10.3. The molecule has 0 atom stereocenters. The van der Waals surface area contributed by atoms with E-state index >= 15 is 0 Å². The Morgan fingerprint density at radius 1 is 1.21 bits per heavy atom. The third-order valence-electron chi connectivity index (χ3n) is 3.42. The molecule has 0 spiro atoms. The number of fused-ring (bicyclic) bond motifs is 1. The molecule has 2 aromatic rings. The number of pyridine rings is 1. The highest BCUT2D eigenvalue weighted by Crippen LogP contribution is 2.24. The summed E-state index contributed by atoms with van der Waals surface area (Å²) in [5, 5.41) is 1.16. The number of halogens is 1. The lowest BCUT2D eigenvalue weighted by atomic mass is 10.1. The van der Waals surface area contributed by atoms with Gasteiger partial charge in [0.05, 0.1) is 5.52 Å². The monoisotopic (exact) mass is 276 g/mol. The van der Waals surface area contributed by atoms with Gasteiger partial charge in [0.2, 0.25) is 0 Å². The molecule has 1 aromatic heterocycles. The number of hydrogen-bond donors (Lipinski definition) is 0. The highest BCUT2D eigenvalue weighted by Gasteiger charge is 2.08. The van der Waals surface area contributed by atoms with E-state index in [9.17, 15) is 0 Å². The number of alkyl halides is 1. The predicted molar refractivity (Wildman–Crippen MR) is 84.1 cm³/mol. The molecule has 0 radical (unpaired) electrons. The second kappa shape index (κ2) is 6.76.